The van der Waals surface area contributed by atoms with Gasteiger partial charge < -0.3 is 9.32 Å². The van der Waals surface area contributed by atoms with Crippen molar-refractivity contribution < 1.29 is 8.53 Å². The van der Waals surface area contributed by atoms with Gasteiger partial charge in [-0.3, -0.25) is 0 Å². The zero-order valence-corrected chi connectivity index (χ0v) is 25.7. The Hall–Kier alpha value is -6.12. The van der Waals surface area contributed by atoms with E-state index in [2.05, 4.69) is 126 Å². The summed E-state index contributed by atoms with van der Waals surface area (Å²) >= 11 is 0. The molecule has 8 aromatic rings. The predicted molar refractivity (Wildman–Crippen MR) is 197 cm³/mol. The maximum absolute atomic E-state index is 8.37. The van der Waals surface area contributed by atoms with Crippen molar-refractivity contribution in [3.8, 4) is 44.7 Å². The van der Waals surface area contributed by atoms with Crippen molar-refractivity contribution in [2.75, 3.05) is 4.90 Å². The Morgan fingerprint density at radius 2 is 0.830 bits per heavy atom. The molecule has 0 amide bonds. The summed E-state index contributed by atoms with van der Waals surface area (Å²) in [5.41, 5.74) is 11.1. The Bertz CT molecular complexity index is 2300. The highest BCUT2D eigenvalue weighted by molar-refractivity contribution is 5.92. The van der Waals surface area contributed by atoms with E-state index in [0.29, 0.717) is 16.7 Å². The van der Waals surface area contributed by atoms with Gasteiger partial charge in [0.2, 0.25) is 0 Å². The van der Waals surface area contributed by atoms with Crippen LogP contribution in [0.3, 0.4) is 0 Å². The number of aryl methyl sites for hydroxylation is 1. The van der Waals surface area contributed by atoms with Gasteiger partial charge in [-0.25, -0.2) is 0 Å². The number of para-hydroxylation sites is 1. The fourth-order valence-corrected chi connectivity index (χ4v) is 6.27. The minimum absolute atomic E-state index is 0.237. The molecule has 0 fully saturated rings. The smallest absolute Gasteiger partial charge is 0.138 e. The number of hydrogen-bond donors (Lipinski definition) is 0. The second-order valence-electron chi connectivity index (χ2n) is 11.6. The van der Waals surface area contributed by atoms with Gasteiger partial charge in [0.25, 0.3) is 0 Å². The van der Waals surface area contributed by atoms with Crippen molar-refractivity contribution in [1.82, 2.24) is 0 Å². The van der Waals surface area contributed by atoms with Crippen LogP contribution in [0.5, 0.6) is 0 Å². The molecule has 8 rings (SSSR count). The molecule has 0 bridgehead atoms. The van der Waals surface area contributed by atoms with Crippen molar-refractivity contribution in [2.24, 2.45) is 0 Å². The average Bonchev–Trinajstić information content (AvgIpc) is 3.57. The van der Waals surface area contributed by atoms with E-state index in [1.807, 2.05) is 60.7 Å². The van der Waals surface area contributed by atoms with Crippen molar-refractivity contribution in [3.05, 3.63) is 188 Å². The molecule has 0 spiro atoms. The summed E-state index contributed by atoms with van der Waals surface area (Å²) in [4.78, 5) is 2.26. The molecule has 2 heteroatoms. The molecule has 0 unspecified atom stereocenters. The van der Waals surface area contributed by atoms with E-state index in [1.165, 1.54) is 11.1 Å². The number of nitrogens with zero attached hydrogens (tertiary/aromatic N) is 1. The molecule has 0 N–H and O–H groups in total. The third kappa shape index (κ3) is 5.51. The monoisotopic (exact) mass is 606 g/mol. The SMILES string of the molecule is [2H]C([2H])([2H])c1c(-c2ccccc2-c2ccc(N(c3ccc(-c4ccccc4)cc3)c3ccc(-c4ccccc4)cc3)cc2)oc2ccccc12. The lowest BCUT2D eigenvalue weighted by Crippen LogP contribution is -2.09. The Morgan fingerprint density at radius 3 is 1.36 bits per heavy atom. The first kappa shape index (κ1) is 25.1. The maximum atomic E-state index is 8.37. The van der Waals surface area contributed by atoms with Crippen LogP contribution in [0.1, 0.15) is 9.68 Å². The Labute approximate surface area is 280 Å². The van der Waals surface area contributed by atoms with Gasteiger partial charge in [0.05, 0.1) is 0 Å². The summed E-state index contributed by atoms with van der Waals surface area (Å²) in [5.74, 6) is 0.379. The normalized spacial score (nSPS) is 12.3. The maximum Gasteiger partial charge on any atom is 0.138 e. The second kappa shape index (κ2) is 12.3. The molecule has 2 nitrogen and oxygen atoms in total. The zero-order chi connectivity index (χ0) is 34.1. The van der Waals surface area contributed by atoms with Crippen molar-refractivity contribution in [2.45, 2.75) is 6.85 Å². The molecule has 0 aliphatic carbocycles. The van der Waals surface area contributed by atoms with Gasteiger partial charge in [-0.15, -0.1) is 0 Å². The van der Waals surface area contributed by atoms with Gasteiger partial charge in [0.15, 0.2) is 0 Å². The summed E-state index contributed by atoms with van der Waals surface area (Å²) < 4.78 is 31.4. The highest BCUT2D eigenvalue weighted by Crippen LogP contribution is 2.41. The molecule has 0 saturated heterocycles. The van der Waals surface area contributed by atoms with Crippen LogP contribution in [0.25, 0.3) is 55.7 Å². The molecule has 0 atom stereocenters. The summed E-state index contributed by atoms with van der Waals surface area (Å²) in [7, 11) is 0. The molecular formula is C45H33NO. The molecule has 0 saturated carbocycles. The quantitative estimate of drug-likeness (QED) is 0.179. The number of benzene rings is 7. The van der Waals surface area contributed by atoms with Crippen molar-refractivity contribution in [3.63, 3.8) is 0 Å². The molecule has 0 radical (unpaired) electrons. The van der Waals surface area contributed by atoms with Crippen LogP contribution in [-0.2, 0) is 0 Å². The van der Waals surface area contributed by atoms with Crippen LogP contribution in [0.4, 0.5) is 17.1 Å². The van der Waals surface area contributed by atoms with E-state index in [-0.39, 0.29) is 5.56 Å². The van der Waals surface area contributed by atoms with E-state index in [0.717, 1.165) is 44.9 Å². The number of fused-ring (bicyclic) bond motifs is 1. The summed E-state index contributed by atoms with van der Waals surface area (Å²) in [6.07, 6.45) is 0. The van der Waals surface area contributed by atoms with E-state index >= 15 is 0 Å². The van der Waals surface area contributed by atoms with Crippen LogP contribution in [0.15, 0.2) is 186 Å². The number of hydrogen-bond acceptors (Lipinski definition) is 2. The molecule has 1 aromatic heterocycles. The lowest BCUT2D eigenvalue weighted by atomic mass is 9.96. The Balaban J connectivity index is 1.20. The first-order valence-electron chi connectivity index (χ1n) is 17.3. The van der Waals surface area contributed by atoms with Crippen molar-refractivity contribution in [1.29, 1.82) is 0 Å². The standard InChI is InChI=1S/C45H33NO/c1-32-41-16-10-11-19-44(41)47-45(32)43-18-9-8-17-42(43)37-24-30-40(31-25-37)46(38-26-20-35(21-27-38)33-12-4-2-5-13-33)39-28-22-36(23-29-39)34-14-6-3-7-15-34/h2-31H,1H3/i1D3. The first-order valence-corrected chi connectivity index (χ1v) is 15.8. The number of anilines is 3. The average molecular weight is 607 g/mol. The summed E-state index contributed by atoms with van der Waals surface area (Å²) in [5, 5.41) is 0.611. The lowest BCUT2D eigenvalue weighted by Gasteiger charge is -2.26. The predicted octanol–water partition coefficient (Wildman–Crippen LogP) is 12.9. The van der Waals surface area contributed by atoms with Crippen LogP contribution >= 0.6 is 0 Å². The summed E-state index contributed by atoms with van der Waals surface area (Å²) in [6.45, 7) is -2.34. The number of furan rings is 1. The third-order valence-corrected chi connectivity index (χ3v) is 8.67. The van der Waals surface area contributed by atoms with E-state index < -0.39 is 6.85 Å². The largest absolute Gasteiger partial charge is 0.456 e. The molecule has 224 valence electrons. The molecule has 0 aliphatic rings. The van der Waals surface area contributed by atoms with Crippen LogP contribution in [0, 0.1) is 6.85 Å². The Kier molecular flexibility index (Phi) is 6.60. The van der Waals surface area contributed by atoms with Gasteiger partial charge >= 0.3 is 0 Å². The minimum atomic E-state index is -2.34. The van der Waals surface area contributed by atoms with E-state index in [4.69, 9.17) is 8.53 Å². The fourth-order valence-electron chi connectivity index (χ4n) is 6.27. The zero-order valence-electron chi connectivity index (χ0n) is 28.7. The van der Waals surface area contributed by atoms with Gasteiger partial charge in [-0.1, -0.05) is 140 Å². The van der Waals surface area contributed by atoms with E-state index in [1.54, 1.807) is 0 Å². The van der Waals surface area contributed by atoms with Crippen LogP contribution < -0.4 is 4.90 Å². The van der Waals surface area contributed by atoms with Crippen LogP contribution in [0.2, 0.25) is 0 Å². The second-order valence-corrected chi connectivity index (χ2v) is 11.6. The van der Waals surface area contributed by atoms with Crippen LogP contribution in [-0.4, -0.2) is 0 Å². The van der Waals surface area contributed by atoms with Gasteiger partial charge in [0, 0.05) is 37.7 Å². The Morgan fingerprint density at radius 1 is 0.404 bits per heavy atom. The van der Waals surface area contributed by atoms with Crippen molar-refractivity contribution >= 4 is 28.0 Å². The third-order valence-electron chi connectivity index (χ3n) is 8.67. The molecule has 7 aromatic carbocycles. The lowest BCUT2D eigenvalue weighted by molar-refractivity contribution is 0.629. The topological polar surface area (TPSA) is 16.4 Å². The highest BCUT2D eigenvalue weighted by atomic mass is 16.3. The summed E-state index contributed by atoms with van der Waals surface area (Å²) in [6, 6.07) is 61.7. The molecule has 1 heterocycles. The molecular weight excluding hydrogens is 571 g/mol. The fraction of sp³-hybridized carbons (Fsp3) is 0.0222. The van der Waals surface area contributed by atoms with E-state index in [9.17, 15) is 0 Å². The van der Waals surface area contributed by atoms with Gasteiger partial charge in [0.1, 0.15) is 11.3 Å². The molecule has 47 heavy (non-hydrogen) atoms. The number of rotatable bonds is 7. The highest BCUT2D eigenvalue weighted by Gasteiger charge is 2.18. The van der Waals surface area contributed by atoms with Gasteiger partial charge in [-0.05, 0) is 82.7 Å². The first-order chi connectivity index (χ1) is 24.4. The van der Waals surface area contributed by atoms with Gasteiger partial charge in [-0.2, -0.15) is 0 Å². The molecule has 0 aliphatic heterocycles. The minimum Gasteiger partial charge on any atom is -0.456 e.